The molecule has 4 rings (SSSR count). The number of nitriles is 1. The maximum Gasteiger partial charge on any atom is 0.302 e. The first-order valence-corrected chi connectivity index (χ1v) is 12.1. The second-order valence-electron chi connectivity index (χ2n) is 10.6. The van der Waals surface area contributed by atoms with E-state index in [4.69, 9.17) is 4.74 Å². The summed E-state index contributed by atoms with van der Waals surface area (Å²) in [6, 6.07) is 12.4. The second-order valence-corrected chi connectivity index (χ2v) is 10.6. The summed E-state index contributed by atoms with van der Waals surface area (Å²) in [5.74, 6) is 1.00. The molecule has 0 unspecified atom stereocenters. The highest BCUT2D eigenvalue weighted by Gasteiger charge is 2.56. The van der Waals surface area contributed by atoms with Gasteiger partial charge < -0.3 is 4.74 Å². The summed E-state index contributed by atoms with van der Waals surface area (Å²) in [4.78, 5) is 25.0. The third-order valence-electron chi connectivity index (χ3n) is 8.94. The highest BCUT2D eigenvalue weighted by atomic mass is 16.5. The Morgan fingerprint density at radius 3 is 2.59 bits per heavy atom. The summed E-state index contributed by atoms with van der Waals surface area (Å²) >= 11 is 0. The summed E-state index contributed by atoms with van der Waals surface area (Å²) in [5, 5.41) is 9.70. The molecule has 0 saturated heterocycles. The van der Waals surface area contributed by atoms with Crippen molar-refractivity contribution >= 4 is 11.8 Å². The van der Waals surface area contributed by atoms with Crippen LogP contribution in [0.2, 0.25) is 0 Å². The average Bonchev–Trinajstić information content (AvgIpc) is 2.76. The van der Waals surface area contributed by atoms with Crippen LogP contribution in [0.4, 0.5) is 0 Å². The monoisotopic (exact) mass is 433 g/mol. The van der Waals surface area contributed by atoms with Crippen LogP contribution in [0.15, 0.2) is 42.0 Å². The number of carbonyl (C=O) groups is 2. The minimum absolute atomic E-state index is 0.0143. The molecule has 2 saturated carbocycles. The van der Waals surface area contributed by atoms with E-state index < -0.39 is 5.41 Å². The minimum atomic E-state index is -0.455. The van der Waals surface area contributed by atoms with E-state index in [1.54, 1.807) is 0 Å². The van der Waals surface area contributed by atoms with E-state index in [9.17, 15) is 14.9 Å². The number of allylic oxidation sites excluding steroid dienone is 1. The molecule has 4 nitrogen and oxygen atoms in total. The van der Waals surface area contributed by atoms with Gasteiger partial charge in [0.25, 0.3) is 0 Å². The minimum Gasteiger partial charge on any atom is -0.462 e. The van der Waals surface area contributed by atoms with E-state index in [0.717, 1.165) is 44.1 Å². The predicted molar refractivity (Wildman–Crippen MR) is 123 cm³/mol. The molecule has 32 heavy (non-hydrogen) atoms. The van der Waals surface area contributed by atoms with E-state index in [1.807, 2.05) is 30.3 Å². The van der Waals surface area contributed by atoms with Gasteiger partial charge in [-0.15, -0.1) is 0 Å². The molecule has 4 heteroatoms. The zero-order chi connectivity index (χ0) is 22.9. The number of hydrogen-bond donors (Lipinski definition) is 0. The van der Waals surface area contributed by atoms with Crippen LogP contribution in [0.25, 0.3) is 0 Å². The zero-order valence-electron chi connectivity index (χ0n) is 19.6. The number of nitrogens with zero attached hydrogens (tertiary/aromatic N) is 1. The van der Waals surface area contributed by atoms with Crippen LogP contribution in [-0.2, 0) is 20.7 Å². The van der Waals surface area contributed by atoms with Gasteiger partial charge in [0, 0.05) is 31.6 Å². The van der Waals surface area contributed by atoms with Gasteiger partial charge in [0.15, 0.2) is 0 Å². The summed E-state index contributed by atoms with van der Waals surface area (Å²) in [6.45, 7) is 5.98. The van der Waals surface area contributed by atoms with Crippen LogP contribution in [0, 0.1) is 39.9 Å². The van der Waals surface area contributed by atoms with Gasteiger partial charge in [-0.3, -0.25) is 9.59 Å². The Bertz CT molecular complexity index is 945. The molecule has 1 aromatic carbocycles. The highest BCUT2D eigenvalue weighted by molar-refractivity contribution is 5.87. The van der Waals surface area contributed by atoms with Crippen LogP contribution >= 0.6 is 0 Å². The van der Waals surface area contributed by atoms with Crippen LogP contribution in [0.1, 0.15) is 71.3 Å². The van der Waals surface area contributed by atoms with Crippen molar-refractivity contribution in [3.63, 3.8) is 0 Å². The molecule has 0 spiro atoms. The number of ketones is 1. The number of esters is 1. The van der Waals surface area contributed by atoms with Gasteiger partial charge in [0.05, 0.1) is 6.07 Å². The van der Waals surface area contributed by atoms with E-state index in [0.29, 0.717) is 24.7 Å². The van der Waals surface area contributed by atoms with Crippen LogP contribution in [0.3, 0.4) is 0 Å². The van der Waals surface area contributed by atoms with Crippen molar-refractivity contribution in [1.82, 2.24) is 0 Å². The number of fused-ring (bicyclic) bond motifs is 3. The van der Waals surface area contributed by atoms with Crippen LogP contribution in [0.5, 0.6) is 0 Å². The number of carbonyl (C=O) groups excluding carboxylic acids is 2. The van der Waals surface area contributed by atoms with Gasteiger partial charge in [-0.2, -0.15) is 5.26 Å². The third-order valence-corrected chi connectivity index (χ3v) is 8.94. The molecule has 170 valence electrons. The maximum atomic E-state index is 13.6. The molecule has 0 N–H and O–H groups in total. The van der Waals surface area contributed by atoms with E-state index in [1.165, 1.54) is 12.5 Å². The quantitative estimate of drug-likeness (QED) is 0.434. The number of hydrogen-bond acceptors (Lipinski definition) is 4. The molecule has 3 aliphatic carbocycles. The molecule has 3 aliphatic rings. The van der Waals surface area contributed by atoms with E-state index in [-0.39, 0.29) is 29.2 Å². The standard InChI is InChI=1S/C28H35NO3/c1-19(30)32-22-11-14-27(2)21(18-22)9-10-23-24(27)12-15-28(3,25(23)13-16-29)26(31)17-20-7-5-4-6-8-20/h4-9,22-25H,10-15,17-18H2,1-3H3/t22-,23+,24-,25-,27-,28-/m0/s1. The van der Waals surface area contributed by atoms with Crippen molar-refractivity contribution in [3.05, 3.63) is 47.5 Å². The Hall–Kier alpha value is -2.41. The first-order chi connectivity index (χ1) is 15.3. The van der Waals surface area contributed by atoms with Crippen LogP contribution in [-0.4, -0.2) is 17.9 Å². The molecule has 1 aromatic rings. The van der Waals surface area contributed by atoms with E-state index >= 15 is 0 Å². The summed E-state index contributed by atoms with van der Waals surface area (Å²) in [5.41, 5.74) is 2.10. The van der Waals surface area contributed by atoms with Crippen LogP contribution < -0.4 is 0 Å². The SMILES string of the molecule is CC(=O)O[C@H]1CC[C@@]2(C)C(=CC[C@@H]3[C@@H]2CC[C@](C)(C(=O)Cc2ccccc2)[C@H]3CC#N)C1. The summed E-state index contributed by atoms with van der Waals surface area (Å²) in [6.07, 6.45) is 8.74. The molecular formula is C28H35NO3. The first-order valence-electron chi connectivity index (χ1n) is 12.1. The average molecular weight is 434 g/mol. The third kappa shape index (κ3) is 4.03. The Kier molecular flexibility index (Phi) is 6.30. The molecule has 0 aliphatic heterocycles. The molecular weight excluding hydrogens is 398 g/mol. The van der Waals surface area contributed by atoms with Gasteiger partial charge in [-0.1, -0.05) is 55.8 Å². The lowest BCUT2D eigenvalue weighted by molar-refractivity contribution is -0.149. The molecule has 2 fully saturated rings. The number of rotatable bonds is 5. The fourth-order valence-electron chi connectivity index (χ4n) is 7.09. The Morgan fingerprint density at radius 2 is 1.91 bits per heavy atom. The summed E-state index contributed by atoms with van der Waals surface area (Å²) in [7, 11) is 0. The first kappa shape index (κ1) is 22.8. The smallest absolute Gasteiger partial charge is 0.302 e. The number of benzene rings is 1. The number of Topliss-reactive ketones (excluding diaryl/α,β-unsaturated/α-hetero) is 1. The van der Waals surface area contributed by atoms with Gasteiger partial charge in [-0.25, -0.2) is 0 Å². The lowest BCUT2D eigenvalue weighted by Crippen LogP contribution is -2.53. The van der Waals surface area contributed by atoms with Crippen molar-refractivity contribution in [3.8, 4) is 6.07 Å². The summed E-state index contributed by atoms with van der Waals surface area (Å²) < 4.78 is 5.53. The Morgan fingerprint density at radius 1 is 1.16 bits per heavy atom. The fourth-order valence-corrected chi connectivity index (χ4v) is 7.09. The number of ether oxygens (including phenoxy) is 1. The molecule has 6 atom stereocenters. The molecule has 0 aromatic heterocycles. The lowest BCUT2D eigenvalue weighted by atomic mass is 9.46. The largest absolute Gasteiger partial charge is 0.462 e. The van der Waals surface area contributed by atoms with Crippen molar-refractivity contribution in [1.29, 1.82) is 5.26 Å². The zero-order valence-corrected chi connectivity index (χ0v) is 19.6. The fraction of sp³-hybridized carbons (Fsp3) is 0.607. The van der Waals surface area contributed by atoms with Gasteiger partial charge >= 0.3 is 5.97 Å². The van der Waals surface area contributed by atoms with Crippen molar-refractivity contribution in [2.45, 2.75) is 78.2 Å². The topological polar surface area (TPSA) is 67.2 Å². The van der Waals surface area contributed by atoms with E-state index in [2.05, 4.69) is 26.0 Å². The van der Waals surface area contributed by atoms with Gasteiger partial charge in [0.2, 0.25) is 0 Å². The van der Waals surface area contributed by atoms with Crippen molar-refractivity contribution in [2.75, 3.05) is 0 Å². The lowest BCUT2D eigenvalue weighted by Gasteiger charge is -2.58. The predicted octanol–water partition coefficient (Wildman–Crippen LogP) is 5.81. The molecule has 0 bridgehead atoms. The van der Waals surface area contributed by atoms with Crippen molar-refractivity contribution < 1.29 is 14.3 Å². The van der Waals surface area contributed by atoms with Crippen molar-refractivity contribution in [2.24, 2.45) is 28.6 Å². The molecule has 0 radical (unpaired) electrons. The molecule has 0 amide bonds. The Labute approximate surface area is 192 Å². The second kappa shape index (κ2) is 8.85. The highest BCUT2D eigenvalue weighted by Crippen LogP contribution is 2.62. The normalized spacial score (nSPS) is 36.1. The Balaban J connectivity index is 1.59. The maximum absolute atomic E-state index is 13.6. The molecule has 0 heterocycles. The van der Waals surface area contributed by atoms with Gasteiger partial charge in [-0.05, 0) is 60.8 Å². The van der Waals surface area contributed by atoms with Gasteiger partial charge in [0.1, 0.15) is 11.9 Å².